The Morgan fingerprint density at radius 1 is 1.16 bits per heavy atom. The molecule has 0 bridgehead atoms. The van der Waals surface area contributed by atoms with E-state index in [0.29, 0.717) is 35.9 Å². The molecule has 0 radical (unpaired) electrons. The van der Waals surface area contributed by atoms with Crippen LogP contribution in [0.2, 0.25) is 0 Å². The number of phosphoric ester groups is 1. The number of quaternary nitrogens is 1. The van der Waals surface area contributed by atoms with E-state index in [1.54, 1.807) is 13.8 Å². The van der Waals surface area contributed by atoms with Crippen molar-refractivity contribution >= 4 is 19.6 Å². The lowest BCUT2D eigenvalue weighted by Gasteiger charge is -2.67. The van der Waals surface area contributed by atoms with E-state index in [-0.39, 0.29) is 19.6 Å². The van der Waals surface area contributed by atoms with Gasteiger partial charge in [-0.3, -0.25) is 18.6 Å². The molecule has 3 N–H and O–H groups in total. The molecule has 2 unspecified atom stereocenters. The number of hydrogen-bond donors (Lipinski definition) is 3. The second-order valence-corrected chi connectivity index (χ2v) is 16.1. The molecule has 8 atom stereocenters. The summed E-state index contributed by atoms with van der Waals surface area (Å²) in [6.45, 7) is 11.9. The van der Waals surface area contributed by atoms with Gasteiger partial charge in [-0.05, 0) is 45.4 Å². The van der Waals surface area contributed by atoms with Gasteiger partial charge in [0.1, 0.15) is 31.0 Å². The Labute approximate surface area is 255 Å². The Bertz CT molecular complexity index is 1150. The SMILES string of the molecule is CC[C@@]1(C)CC(=O)[C@@]2(O)[C@](C)(O1)[C@@H](OCC(COP(=O)(O)OCC[N+](C)(C)C)OC(C)=O)C=C1C(C)(C)CC[C@H](O)[C@@]12C. The molecule has 1 aliphatic heterocycles. The fourth-order valence-electron chi connectivity index (χ4n) is 6.99. The number of aliphatic hydroxyl groups excluding tert-OH is 1. The lowest BCUT2D eigenvalue weighted by atomic mass is 9.44. The van der Waals surface area contributed by atoms with Crippen molar-refractivity contribution in [2.75, 3.05) is 47.5 Å². The lowest BCUT2D eigenvalue weighted by Crippen LogP contribution is -2.81. The minimum atomic E-state index is -4.47. The van der Waals surface area contributed by atoms with Gasteiger partial charge in [0.2, 0.25) is 0 Å². The number of rotatable bonds is 12. The van der Waals surface area contributed by atoms with Crippen LogP contribution in [0.4, 0.5) is 0 Å². The van der Waals surface area contributed by atoms with Crippen LogP contribution in [0.15, 0.2) is 11.6 Å². The van der Waals surface area contributed by atoms with Crippen LogP contribution >= 0.6 is 7.82 Å². The van der Waals surface area contributed by atoms with E-state index in [4.69, 9.17) is 23.3 Å². The number of aliphatic hydroxyl groups is 2. The molecule has 13 heteroatoms. The van der Waals surface area contributed by atoms with Gasteiger partial charge in [-0.1, -0.05) is 32.4 Å². The summed E-state index contributed by atoms with van der Waals surface area (Å²) in [4.78, 5) is 36.2. The van der Waals surface area contributed by atoms with Crippen molar-refractivity contribution in [3.8, 4) is 0 Å². The highest BCUT2D eigenvalue weighted by atomic mass is 31.2. The molecule has 2 fully saturated rings. The Morgan fingerprint density at radius 3 is 2.35 bits per heavy atom. The number of likely N-dealkylation sites (N-methyl/N-ethyl adjacent to an activating group) is 1. The molecule has 1 saturated carbocycles. The van der Waals surface area contributed by atoms with Crippen molar-refractivity contribution in [3.63, 3.8) is 0 Å². The normalized spacial score (nSPS) is 37.9. The Kier molecular flexibility index (Phi) is 10.3. The van der Waals surface area contributed by atoms with Gasteiger partial charge in [0.05, 0.1) is 51.5 Å². The highest BCUT2D eigenvalue weighted by Gasteiger charge is 2.76. The summed E-state index contributed by atoms with van der Waals surface area (Å²) >= 11 is 0. The summed E-state index contributed by atoms with van der Waals surface area (Å²) in [7, 11) is 1.26. The molecular formula is C30H53NO11P+. The van der Waals surface area contributed by atoms with Crippen molar-refractivity contribution in [1.29, 1.82) is 0 Å². The lowest BCUT2D eigenvalue weighted by molar-refractivity contribution is -0.870. The van der Waals surface area contributed by atoms with Crippen LogP contribution in [0.5, 0.6) is 0 Å². The zero-order valence-corrected chi connectivity index (χ0v) is 28.4. The minimum Gasteiger partial charge on any atom is -0.458 e. The summed E-state index contributed by atoms with van der Waals surface area (Å²) in [6, 6.07) is 0. The predicted molar refractivity (Wildman–Crippen MR) is 158 cm³/mol. The Hall–Kier alpha value is -1.21. The summed E-state index contributed by atoms with van der Waals surface area (Å²) in [5.74, 6) is -1.09. The largest absolute Gasteiger partial charge is 0.472 e. The van der Waals surface area contributed by atoms with E-state index in [9.17, 15) is 29.3 Å². The number of ketones is 1. The highest BCUT2D eigenvalue weighted by molar-refractivity contribution is 7.47. The van der Waals surface area contributed by atoms with Gasteiger partial charge in [-0.2, -0.15) is 0 Å². The summed E-state index contributed by atoms with van der Waals surface area (Å²) in [6.07, 6.45) is 0.152. The maximum atomic E-state index is 14.0. The predicted octanol–water partition coefficient (Wildman–Crippen LogP) is 2.92. The van der Waals surface area contributed by atoms with E-state index in [0.717, 1.165) is 0 Å². The Balaban J connectivity index is 1.95. The van der Waals surface area contributed by atoms with E-state index in [1.807, 2.05) is 54.9 Å². The highest BCUT2D eigenvalue weighted by Crippen LogP contribution is 2.65. The average Bonchev–Trinajstić information content (AvgIpc) is 2.85. The quantitative estimate of drug-likeness (QED) is 0.125. The van der Waals surface area contributed by atoms with Crippen molar-refractivity contribution < 1.29 is 57.0 Å². The molecule has 43 heavy (non-hydrogen) atoms. The number of hydrogen-bond acceptors (Lipinski definition) is 10. The number of carbonyl (C=O) groups is 2. The molecule has 0 amide bonds. The third kappa shape index (κ3) is 6.98. The van der Waals surface area contributed by atoms with Crippen LogP contribution in [-0.4, -0.2) is 114 Å². The van der Waals surface area contributed by atoms with Crippen LogP contribution in [-0.2, 0) is 37.4 Å². The van der Waals surface area contributed by atoms with Gasteiger partial charge in [0.15, 0.2) is 11.4 Å². The second-order valence-electron chi connectivity index (χ2n) is 14.6. The van der Waals surface area contributed by atoms with E-state index in [1.165, 1.54) is 6.92 Å². The first-order chi connectivity index (χ1) is 19.5. The number of esters is 1. The third-order valence-electron chi connectivity index (χ3n) is 9.71. The maximum Gasteiger partial charge on any atom is 0.472 e. The number of phosphoric acid groups is 1. The topological polar surface area (TPSA) is 158 Å². The molecule has 1 saturated heterocycles. The molecule has 12 nitrogen and oxygen atoms in total. The summed E-state index contributed by atoms with van der Waals surface area (Å²) in [5.41, 5.74) is -5.83. The van der Waals surface area contributed by atoms with Gasteiger partial charge in [-0.15, -0.1) is 0 Å². The first kappa shape index (κ1) is 36.3. The van der Waals surface area contributed by atoms with Crippen molar-refractivity contribution in [2.24, 2.45) is 10.8 Å². The van der Waals surface area contributed by atoms with Crippen LogP contribution < -0.4 is 0 Å². The van der Waals surface area contributed by atoms with Gasteiger partial charge in [0, 0.05) is 13.3 Å². The molecular weight excluding hydrogens is 581 g/mol. The first-order valence-electron chi connectivity index (χ1n) is 15.0. The standard InChI is InChI=1S/C30H52NO11P/c1-11-27(5)17-24(34)30(35)28(6)22(26(3,4)13-12-23(28)33)16-25(29(30,7)42-27)38-18-21(41-20(2)32)19-40-43(36,37)39-15-14-31(8,9)10/h16,21,23,25,33,35H,11-15,17-19H2,1-10H3/p+1/t21?,23-,25-,27-,28+,29+,30-/m0/s1. The van der Waals surface area contributed by atoms with Gasteiger partial charge < -0.3 is 33.8 Å². The van der Waals surface area contributed by atoms with E-state index >= 15 is 0 Å². The first-order valence-corrected chi connectivity index (χ1v) is 16.5. The minimum absolute atomic E-state index is 0.0272. The molecule has 3 rings (SSSR count). The maximum absolute atomic E-state index is 14.0. The molecule has 248 valence electrons. The fraction of sp³-hybridized carbons (Fsp3) is 0.867. The van der Waals surface area contributed by atoms with Crippen molar-refractivity contribution in [1.82, 2.24) is 0 Å². The van der Waals surface area contributed by atoms with Gasteiger partial charge in [0.25, 0.3) is 0 Å². The molecule has 0 aromatic rings. The summed E-state index contributed by atoms with van der Waals surface area (Å²) < 4.78 is 41.6. The zero-order chi connectivity index (χ0) is 32.9. The summed E-state index contributed by atoms with van der Waals surface area (Å²) in [5, 5.41) is 24.0. The monoisotopic (exact) mass is 634 g/mol. The van der Waals surface area contributed by atoms with E-state index in [2.05, 4.69) is 0 Å². The molecule has 3 aliphatic rings. The van der Waals surface area contributed by atoms with E-state index < -0.39 is 72.1 Å². The van der Waals surface area contributed by atoms with Crippen LogP contribution in [0.1, 0.15) is 74.1 Å². The van der Waals surface area contributed by atoms with Crippen LogP contribution in [0.3, 0.4) is 0 Å². The van der Waals surface area contributed by atoms with Crippen molar-refractivity contribution in [3.05, 3.63) is 11.6 Å². The number of Topliss-reactive ketones (excluding diaryl/α,β-unsaturated/α-hetero) is 1. The molecule has 0 aromatic heterocycles. The Morgan fingerprint density at radius 2 is 1.79 bits per heavy atom. The van der Waals surface area contributed by atoms with Crippen molar-refractivity contribution in [2.45, 2.75) is 109 Å². The molecule has 2 aliphatic carbocycles. The smallest absolute Gasteiger partial charge is 0.458 e. The zero-order valence-electron chi connectivity index (χ0n) is 27.5. The molecule has 0 aromatic carbocycles. The number of carbonyl (C=O) groups excluding carboxylic acids is 2. The number of fused-ring (bicyclic) bond motifs is 3. The van der Waals surface area contributed by atoms with Gasteiger partial charge >= 0.3 is 13.8 Å². The second kappa shape index (κ2) is 12.2. The number of ether oxygens (including phenoxy) is 3. The molecule has 1 heterocycles. The fourth-order valence-corrected chi connectivity index (χ4v) is 7.74. The average molecular weight is 635 g/mol. The van der Waals surface area contributed by atoms with Crippen LogP contribution in [0.25, 0.3) is 0 Å². The molecule has 0 spiro atoms. The van der Waals surface area contributed by atoms with Gasteiger partial charge in [-0.25, -0.2) is 4.57 Å². The number of nitrogens with zero attached hydrogens (tertiary/aromatic N) is 1. The van der Waals surface area contributed by atoms with Crippen LogP contribution in [0, 0.1) is 10.8 Å². The third-order valence-corrected chi connectivity index (χ3v) is 10.7.